The van der Waals surface area contributed by atoms with Crippen LogP contribution in [0, 0.1) is 17.0 Å². The lowest BCUT2D eigenvalue weighted by Gasteiger charge is -2.12. The van der Waals surface area contributed by atoms with E-state index < -0.39 is 16.1 Å². The van der Waals surface area contributed by atoms with Gasteiger partial charge in [0.1, 0.15) is 11.5 Å². The maximum absolute atomic E-state index is 12.7. The van der Waals surface area contributed by atoms with E-state index in [1.165, 1.54) is 18.2 Å². The summed E-state index contributed by atoms with van der Waals surface area (Å²) in [6.45, 7) is 1.76. The molecule has 0 radical (unpaired) electrons. The molecule has 30 heavy (non-hydrogen) atoms. The molecule has 150 valence electrons. The summed E-state index contributed by atoms with van der Waals surface area (Å²) in [7, 11) is 0. The molecule has 1 saturated heterocycles. The largest absolute Gasteiger partial charge is 0.456 e. The normalized spacial score (nSPS) is 15.3. The number of carbonyl (C=O) groups excluding carboxylic acids is 2. The summed E-state index contributed by atoms with van der Waals surface area (Å²) >= 11 is 6.74. The van der Waals surface area contributed by atoms with E-state index in [-0.39, 0.29) is 10.6 Å². The summed E-state index contributed by atoms with van der Waals surface area (Å²) in [6.07, 6.45) is 1.44. The molecule has 0 atom stereocenters. The molecule has 2 aromatic carbocycles. The van der Waals surface area contributed by atoms with Gasteiger partial charge in [-0.25, -0.2) is 4.90 Å². The molecule has 2 amide bonds. The summed E-state index contributed by atoms with van der Waals surface area (Å²) in [5.41, 5.74) is 1.39. The first-order valence-electron chi connectivity index (χ1n) is 8.72. The molecule has 7 nitrogen and oxygen atoms in total. The highest BCUT2D eigenvalue weighted by Crippen LogP contribution is 2.38. The summed E-state index contributed by atoms with van der Waals surface area (Å²) < 4.78 is 5.71. The Bertz CT molecular complexity index is 1230. The molecule has 0 spiro atoms. The maximum atomic E-state index is 12.7. The van der Waals surface area contributed by atoms with Crippen LogP contribution in [0.5, 0.6) is 0 Å². The van der Waals surface area contributed by atoms with Crippen LogP contribution in [0.1, 0.15) is 11.3 Å². The predicted molar refractivity (Wildman–Crippen MR) is 115 cm³/mol. The molecule has 0 bridgehead atoms. The molecule has 1 aliphatic rings. The number of nitrogens with zero attached hydrogens (tertiary/aromatic N) is 2. The standard InChI is InChI=1S/C21H13ClN2O5S/c1-12-5-7-16(17(9-12)24(27)28)18-8-6-15(29-18)11-19-20(25)23(21(26)30-19)14-4-2-3-13(22)10-14/h2-11H,1H3/b19-11-. The lowest BCUT2D eigenvalue weighted by atomic mass is 10.1. The van der Waals surface area contributed by atoms with Crippen LogP contribution in [0.15, 0.2) is 63.9 Å². The second-order valence-electron chi connectivity index (χ2n) is 6.48. The molecule has 4 rings (SSSR count). The highest BCUT2D eigenvalue weighted by Gasteiger charge is 2.36. The van der Waals surface area contributed by atoms with E-state index in [1.807, 2.05) is 0 Å². The van der Waals surface area contributed by atoms with Crippen LogP contribution >= 0.6 is 23.4 Å². The van der Waals surface area contributed by atoms with Crippen molar-refractivity contribution in [1.82, 2.24) is 0 Å². The van der Waals surface area contributed by atoms with Gasteiger partial charge in [-0.3, -0.25) is 19.7 Å². The molecule has 1 aliphatic heterocycles. The van der Waals surface area contributed by atoms with Crippen molar-refractivity contribution in [2.24, 2.45) is 0 Å². The lowest BCUT2D eigenvalue weighted by Crippen LogP contribution is -2.27. The fourth-order valence-electron chi connectivity index (χ4n) is 3.01. The lowest BCUT2D eigenvalue weighted by molar-refractivity contribution is -0.384. The van der Waals surface area contributed by atoms with Gasteiger partial charge < -0.3 is 4.42 Å². The van der Waals surface area contributed by atoms with E-state index in [0.29, 0.717) is 27.8 Å². The first-order valence-corrected chi connectivity index (χ1v) is 9.92. The zero-order valence-electron chi connectivity index (χ0n) is 15.5. The molecule has 2 heterocycles. The Hall–Kier alpha value is -3.36. The first-order chi connectivity index (χ1) is 14.3. The summed E-state index contributed by atoms with van der Waals surface area (Å²) in [4.78, 5) is 37.2. The molecule has 1 aromatic heterocycles. The highest BCUT2D eigenvalue weighted by molar-refractivity contribution is 8.19. The summed E-state index contributed by atoms with van der Waals surface area (Å²) in [6, 6.07) is 14.5. The second kappa shape index (κ2) is 7.81. The van der Waals surface area contributed by atoms with Gasteiger partial charge in [-0.1, -0.05) is 23.7 Å². The Morgan fingerprint density at radius 2 is 1.93 bits per heavy atom. The molecule has 3 aromatic rings. The minimum absolute atomic E-state index is 0.0721. The Kier molecular flexibility index (Phi) is 5.19. The van der Waals surface area contributed by atoms with Crippen LogP contribution in [-0.2, 0) is 4.79 Å². The van der Waals surface area contributed by atoms with Crippen molar-refractivity contribution in [1.29, 1.82) is 0 Å². The van der Waals surface area contributed by atoms with E-state index in [2.05, 4.69) is 0 Å². The van der Waals surface area contributed by atoms with Crippen molar-refractivity contribution in [3.8, 4) is 11.3 Å². The average molecular weight is 441 g/mol. The maximum Gasteiger partial charge on any atom is 0.298 e. The van der Waals surface area contributed by atoms with E-state index >= 15 is 0 Å². The van der Waals surface area contributed by atoms with Crippen molar-refractivity contribution in [2.75, 3.05) is 4.90 Å². The molecule has 0 N–H and O–H groups in total. The number of hydrogen-bond donors (Lipinski definition) is 0. The highest BCUT2D eigenvalue weighted by atomic mass is 35.5. The summed E-state index contributed by atoms with van der Waals surface area (Å²) in [5.74, 6) is 0.102. The van der Waals surface area contributed by atoms with Crippen LogP contribution in [0.3, 0.4) is 0 Å². The molecule has 1 fully saturated rings. The second-order valence-corrected chi connectivity index (χ2v) is 7.91. The van der Waals surface area contributed by atoms with Gasteiger partial charge in [0.15, 0.2) is 0 Å². The topological polar surface area (TPSA) is 93.7 Å². The monoisotopic (exact) mass is 440 g/mol. The number of halogens is 1. The van der Waals surface area contributed by atoms with Crippen LogP contribution in [0.2, 0.25) is 5.02 Å². The molecule has 9 heteroatoms. The molecule has 0 aliphatic carbocycles. The van der Waals surface area contributed by atoms with E-state index in [9.17, 15) is 19.7 Å². The van der Waals surface area contributed by atoms with Gasteiger partial charge in [-0.05, 0) is 60.6 Å². The number of rotatable bonds is 4. The molecule has 0 saturated carbocycles. The number of nitro groups is 1. The zero-order chi connectivity index (χ0) is 21.4. The summed E-state index contributed by atoms with van der Waals surface area (Å²) in [5, 5.41) is 11.3. The van der Waals surface area contributed by atoms with Gasteiger partial charge in [0.2, 0.25) is 0 Å². The fraction of sp³-hybridized carbons (Fsp3) is 0.0476. The van der Waals surface area contributed by atoms with Gasteiger partial charge in [0.05, 0.1) is 21.1 Å². The van der Waals surface area contributed by atoms with E-state index in [1.54, 1.807) is 49.4 Å². The number of benzene rings is 2. The van der Waals surface area contributed by atoms with Crippen molar-refractivity contribution < 1.29 is 18.9 Å². The molecular weight excluding hydrogens is 428 g/mol. The Morgan fingerprint density at radius 1 is 1.13 bits per heavy atom. The predicted octanol–water partition coefficient (Wildman–Crippen LogP) is 6.06. The average Bonchev–Trinajstić information content (AvgIpc) is 3.26. The van der Waals surface area contributed by atoms with Crippen LogP contribution in [0.25, 0.3) is 17.4 Å². The Labute approximate surface area is 180 Å². The van der Waals surface area contributed by atoms with Gasteiger partial charge >= 0.3 is 0 Å². The third-order valence-corrected chi connectivity index (χ3v) is 5.48. The van der Waals surface area contributed by atoms with Crippen molar-refractivity contribution in [3.63, 3.8) is 0 Å². The number of nitro benzene ring substituents is 1. The first kappa shape index (κ1) is 19.9. The van der Waals surface area contributed by atoms with Crippen LogP contribution in [-0.4, -0.2) is 16.1 Å². The number of thioether (sulfide) groups is 1. The number of aryl methyl sites for hydroxylation is 1. The van der Waals surface area contributed by atoms with Gasteiger partial charge in [-0.15, -0.1) is 0 Å². The van der Waals surface area contributed by atoms with Crippen molar-refractivity contribution >= 4 is 52.0 Å². The molecule has 0 unspecified atom stereocenters. The van der Waals surface area contributed by atoms with E-state index in [0.717, 1.165) is 22.2 Å². The fourth-order valence-corrected chi connectivity index (χ4v) is 4.02. The van der Waals surface area contributed by atoms with Crippen LogP contribution < -0.4 is 4.90 Å². The third-order valence-electron chi connectivity index (χ3n) is 4.38. The number of anilines is 1. The van der Waals surface area contributed by atoms with Gasteiger partial charge in [-0.2, -0.15) is 0 Å². The Balaban J connectivity index is 1.65. The number of hydrogen-bond acceptors (Lipinski definition) is 6. The van der Waals surface area contributed by atoms with E-state index in [4.69, 9.17) is 16.0 Å². The minimum Gasteiger partial charge on any atom is -0.456 e. The number of carbonyl (C=O) groups is 2. The number of furan rings is 1. The van der Waals surface area contributed by atoms with Crippen molar-refractivity contribution in [3.05, 3.63) is 86.0 Å². The minimum atomic E-state index is -0.494. The van der Waals surface area contributed by atoms with Crippen molar-refractivity contribution in [2.45, 2.75) is 6.92 Å². The Morgan fingerprint density at radius 3 is 2.67 bits per heavy atom. The smallest absolute Gasteiger partial charge is 0.298 e. The number of imide groups is 1. The zero-order valence-corrected chi connectivity index (χ0v) is 17.1. The molecular formula is C21H13ClN2O5S. The van der Waals surface area contributed by atoms with Gasteiger partial charge in [0, 0.05) is 17.2 Å². The quantitative estimate of drug-likeness (QED) is 0.278. The van der Waals surface area contributed by atoms with Crippen LogP contribution in [0.4, 0.5) is 16.2 Å². The van der Waals surface area contributed by atoms with Gasteiger partial charge in [0.25, 0.3) is 16.8 Å². The third kappa shape index (κ3) is 3.74. The SMILES string of the molecule is Cc1ccc(-c2ccc(/C=C3\SC(=O)N(c4cccc(Cl)c4)C3=O)o2)c([N+](=O)[O-])c1. The number of amides is 2.